The molecule has 0 aromatic heterocycles. The van der Waals surface area contributed by atoms with E-state index < -0.39 is 0 Å². The highest BCUT2D eigenvalue weighted by Gasteiger charge is 2.45. The van der Waals surface area contributed by atoms with Crippen LogP contribution in [0.2, 0.25) is 0 Å². The van der Waals surface area contributed by atoms with Crippen molar-refractivity contribution in [1.82, 2.24) is 10.2 Å². The molecule has 0 aromatic rings. The predicted octanol–water partition coefficient (Wildman–Crippen LogP) is 1.60. The molecule has 1 aliphatic rings. The van der Waals surface area contributed by atoms with Crippen LogP contribution in [0.15, 0.2) is 0 Å². The maximum absolute atomic E-state index is 12.0. The zero-order valence-electron chi connectivity index (χ0n) is 13.4. The highest BCUT2D eigenvalue weighted by atomic mass is 16.2. The van der Waals surface area contributed by atoms with Crippen LogP contribution in [-0.2, 0) is 4.79 Å². The minimum atomic E-state index is -0.272. The molecule has 0 saturated carbocycles. The second-order valence-electron chi connectivity index (χ2n) is 7.24. The van der Waals surface area contributed by atoms with Crippen LogP contribution >= 0.6 is 0 Å². The standard InChI is InChI=1S/C15H31N3O/c1-7-11(16)12(14(2,3)4)18-9-8-15(5,10-18)13(19)17-6/h11-12H,7-10,16H2,1-6H3,(H,17,19). The summed E-state index contributed by atoms with van der Waals surface area (Å²) in [5, 5.41) is 2.79. The Hall–Kier alpha value is -0.610. The summed E-state index contributed by atoms with van der Waals surface area (Å²) >= 11 is 0. The van der Waals surface area contributed by atoms with Crippen molar-refractivity contribution >= 4 is 5.91 Å². The van der Waals surface area contributed by atoms with E-state index in [0.29, 0.717) is 6.04 Å². The molecule has 0 aliphatic carbocycles. The first-order valence-corrected chi connectivity index (χ1v) is 7.37. The molecule has 0 aromatic carbocycles. The van der Waals surface area contributed by atoms with E-state index in [0.717, 1.165) is 25.9 Å². The fourth-order valence-corrected chi connectivity index (χ4v) is 3.41. The zero-order chi connectivity index (χ0) is 14.8. The molecule has 0 bridgehead atoms. The number of likely N-dealkylation sites (tertiary alicyclic amines) is 1. The lowest BCUT2D eigenvalue weighted by atomic mass is 9.80. The van der Waals surface area contributed by atoms with Gasteiger partial charge in [-0.15, -0.1) is 0 Å². The largest absolute Gasteiger partial charge is 0.359 e. The van der Waals surface area contributed by atoms with E-state index in [-0.39, 0.29) is 22.8 Å². The van der Waals surface area contributed by atoms with Gasteiger partial charge in [-0.25, -0.2) is 0 Å². The average molecular weight is 269 g/mol. The monoisotopic (exact) mass is 269 g/mol. The molecule has 3 N–H and O–H groups in total. The number of amides is 1. The van der Waals surface area contributed by atoms with Crippen molar-refractivity contribution in [1.29, 1.82) is 0 Å². The van der Waals surface area contributed by atoms with E-state index in [2.05, 4.69) is 44.8 Å². The summed E-state index contributed by atoms with van der Waals surface area (Å²) in [6, 6.07) is 0.482. The van der Waals surface area contributed by atoms with Gasteiger partial charge in [-0.05, 0) is 31.7 Å². The first-order chi connectivity index (χ1) is 8.65. The summed E-state index contributed by atoms with van der Waals surface area (Å²) in [5.74, 6) is 0.146. The Balaban J connectivity index is 2.88. The van der Waals surface area contributed by atoms with E-state index >= 15 is 0 Å². The van der Waals surface area contributed by atoms with Crippen LogP contribution in [0.4, 0.5) is 0 Å². The Bertz CT molecular complexity index is 324. The molecule has 3 atom stereocenters. The number of nitrogens with two attached hydrogens (primary N) is 1. The van der Waals surface area contributed by atoms with Gasteiger partial charge in [-0.1, -0.05) is 27.7 Å². The van der Waals surface area contributed by atoms with Crippen LogP contribution in [0, 0.1) is 10.8 Å². The van der Waals surface area contributed by atoms with Crippen LogP contribution in [0.25, 0.3) is 0 Å². The Morgan fingerprint density at radius 3 is 2.47 bits per heavy atom. The lowest BCUT2D eigenvalue weighted by Gasteiger charge is -2.42. The van der Waals surface area contributed by atoms with Gasteiger partial charge in [-0.2, -0.15) is 0 Å². The van der Waals surface area contributed by atoms with Gasteiger partial charge in [0.15, 0.2) is 0 Å². The number of nitrogens with zero attached hydrogens (tertiary/aromatic N) is 1. The number of carbonyl (C=O) groups is 1. The lowest BCUT2D eigenvalue weighted by molar-refractivity contribution is -0.129. The van der Waals surface area contributed by atoms with Crippen LogP contribution in [0.1, 0.15) is 47.5 Å². The average Bonchev–Trinajstić information content (AvgIpc) is 2.69. The van der Waals surface area contributed by atoms with E-state index in [9.17, 15) is 4.79 Å². The molecule has 1 fully saturated rings. The molecule has 19 heavy (non-hydrogen) atoms. The van der Waals surface area contributed by atoms with Gasteiger partial charge in [0.1, 0.15) is 0 Å². The molecule has 112 valence electrons. The van der Waals surface area contributed by atoms with Gasteiger partial charge in [0.2, 0.25) is 5.91 Å². The SMILES string of the molecule is CCC(N)C(N1CCC(C)(C(=O)NC)C1)C(C)(C)C. The Morgan fingerprint density at radius 2 is 2.05 bits per heavy atom. The normalized spacial score (nSPS) is 28.2. The Morgan fingerprint density at radius 1 is 1.47 bits per heavy atom. The number of hydrogen-bond donors (Lipinski definition) is 2. The fourth-order valence-electron chi connectivity index (χ4n) is 3.41. The summed E-state index contributed by atoms with van der Waals surface area (Å²) in [6.07, 6.45) is 1.88. The van der Waals surface area contributed by atoms with Crippen molar-refractivity contribution in [2.75, 3.05) is 20.1 Å². The number of hydrogen-bond acceptors (Lipinski definition) is 3. The number of carbonyl (C=O) groups excluding carboxylic acids is 1. The van der Waals surface area contributed by atoms with Gasteiger partial charge < -0.3 is 11.1 Å². The first kappa shape index (κ1) is 16.4. The Kier molecular flexibility index (Phi) is 5.02. The van der Waals surface area contributed by atoms with Gasteiger partial charge >= 0.3 is 0 Å². The van der Waals surface area contributed by atoms with Gasteiger partial charge in [0.05, 0.1) is 5.41 Å². The molecule has 4 heteroatoms. The van der Waals surface area contributed by atoms with Crippen molar-refractivity contribution in [3.05, 3.63) is 0 Å². The molecular formula is C15H31N3O. The first-order valence-electron chi connectivity index (χ1n) is 7.37. The third-order valence-electron chi connectivity index (χ3n) is 4.44. The van der Waals surface area contributed by atoms with E-state index in [1.165, 1.54) is 0 Å². The summed E-state index contributed by atoms with van der Waals surface area (Å²) in [6.45, 7) is 12.7. The summed E-state index contributed by atoms with van der Waals surface area (Å²) in [7, 11) is 1.72. The zero-order valence-corrected chi connectivity index (χ0v) is 13.4. The van der Waals surface area contributed by atoms with Crippen LogP contribution in [-0.4, -0.2) is 43.0 Å². The van der Waals surface area contributed by atoms with Crippen molar-refractivity contribution < 1.29 is 4.79 Å². The van der Waals surface area contributed by atoms with Gasteiger partial charge in [-0.3, -0.25) is 9.69 Å². The van der Waals surface area contributed by atoms with Crippen LogP contribution in [0.3, 0.4) is 0 Å². The molecular weight excluding hydrogens is 238 g/mol. The molecule has 1 amide bonds. The van der Waals surface area contributed by atoms with E-state index in [4.69, 9.17) is 5.73 Å². The van der Waals surface area contributed by atoms with Crippen molar-refractivity contribution in [2.45, 2.75) is 59.5 Å². The maximum atomic E-state index is 12.0. The molecule has 4 nitrogen and oxygen atoms in total. The second kappa shape index (κ2) is 5.80. The summed E-state index contributed by atoms with van der Waals surface area (Å²) in [4.78, 5) is 14.4. The van der Waals surface area contributed by atoms with Crippen molar-refractivity contribution in [3.8, 4) is 0 Å². The molecule has 1 rings (SSSR count). The quantitative estimate of drug-likeness (QED) is 0.815. The van der Waals surface area contributed by atoms with Crippen LogP contribution in [0.5, 0.6) is 0 Å². The van der Waals surface area contributed by atoms with E-state index in [1.54, 1.807) is 7.05 Å². The maximum Gasteiger partial charge on any atom is 0.227 e. The molecule has 1 saturated heterocycles. The summed E-state index contributed by atoms with van der Waals surface area (Å²) in [5.41, 5.74) is 6.19. The van der Waals surface area contributed by atoms with Crippen molar-refractivity contribution in [2.24, 2.45) is 16.6 Å². The van der Waals surface area contributed by atoms with Crippen molar-refractivity contribution in [3.63, 3.8) is 0 Å². The molecule has 0 radical (unpaired) electrons. The summed E-state index contributed by atoms with van der Waals surface area (Å²) < 4.78 is 0. The molecule has 1 heterocycles. The lowest BCUT2D eigenvalue weighted by Crippen LogP contribution is -2.54. The predicted molar refractivity (Wildman–Crippen MR) is 79.9 cm³/mol. The third kappa shape index (κ3) is 3.48. The van der Waals surface area contributed by atoms with Crippen LogP contribution < -0.4 is 11.1 Å². The number of nitrogens with one attached hydrogen (secondary N) is 1. The Labute approximate surface area is 118 Å². The van der Waals surface area contributed by atoms with Gasteiger partial charge in [0.25, 0.3) is 0 Å². The smallest absolute Gasteiger partial charge is 0.227 e. The topological polar surface area (TPSA) is 58.4 Å². The third-order valence-corrected chi connectivity index (χ3v) is 4.44. The highest BCUT2D eigenvalue weighted by molar-refractivity contribution is 5.82. The molecule has 3 unspecified atom stereocenters. The van der Waals surface area contributed by atoms with Gasteiger partial charge in [0, 0.05) is 25.7 Å². The minimum Gasteiger partial charge on any atom is -0.359 e. The highest BCUT2D eigenvalue weighted by Crippen LogP contribution is 2.37. The van der Waals surface area contributed by atoms with E-state index in [1.807, 2.05) is 0 Å². The fraction of sp³-hybridized carbons (Fsp3) is 0.933. The minimum absolute atomic E-state index is 0.128. The second-order valence-corrected chi connectivity index (χ2v) is 7.24. The number of rotatable bonds is 4. The molecule has 1 aliphatic heterocycles. The molecule has 0 spiro atoms.